The Bertz CT molecular complexity index is 125. The van der Waals surface area contributed by atoms with Crippen LogP contribution in [-0.2, 0) is 0 Å². The van der Waals surface area contributed by atoms with E-state index in [0.29, 0.717) is 0 Å². The van der Waals surface area contributed by atoms with E-state index in [1.54, 1.807) is 0 Å². The van der Waals surface area contributed by atoms with Gasteiger partial charge in [-0.15, -0.1) is 0 Å². The van der Waals surface area contributed by atoms with Crippen molar-refractivity contribution >= 4 is 0 Å². The third-order valence-electron chi connectivity index (χ3n) is 2.91. The molecule has 1 fully saturated rings. The molecule has 1 rings (SSSR count). The van der Waals surface area contributed by atoms with Gasteiger partial charge in [0, 0.05) is 12.1 Å². The van der Waals surface area contributed by atoms with E-state index >= 15 is 0 Å². The van der Waals surface area contributed by atoms with E-state index in [0.717, 1.165) is 18.8 Å². The zero-order valence-electron chi connectivity index (χ0n) is 8.17. The highest BCUT2D eigenvalue weighted by atomic mass is 15.3. The summed E-state index contributed by atoms with van der Waals surface area (Å²) in [6.07, 6.45) is 2.61. The maximum Gasteiger partial charge on any atom is 0.0505 e. The van der Waals surface area contributed by atoms with Crippen LogP contribution in [0.2, 0.25) is 0 Å². The third kappa shape index (κ3) is 1.94. The molecule has 11 heavy (non-hydrogen) atoms. The molecule has 0 saturated carbocycles. The zero-order valence-corrected chi connectivity index (χ0v) is 8.17. The molecule has 1 saturated heterocycles. The van der Waals surface area contributed by atoms with E-state index in [-0.39, 0.29) is 0 Å². The SMILES string of the molecule is CCC1CC(C)N(C)CN1C. The van der Waals surface area contributed by atoms with Crippen molar-refractivity contribution in [2.45, 2.75) is 38.8 Å². The van der Waals surface area contributed by atoms with E-state index < -0.39 is 0 Å². The molecular formula is C9H20N2. The van der Waals surface area contributed by atoms with Crippen molar-refractivity contribution in [3.63, 3.8) is 0 Å². The van der Waals surface area contributed by atoms with Crippen LogP contribution in [0, 0.1) is 0 Å². The van der Waals surface area contributed by atoms with Gasteiger partial charge in [-0.25, -0.2) is 0 Å². The number of hydrogen-bond donors (Lipinski definition) is 0. The lowest BCUT2D eigenvalue weighted by Gasteiger charge is -2.41. The van der Waals surface area contributed by atoms with Gasteiger partial charge in [0.15, 0.2) is 0 Å². The molecular weight excluding hydrogens is 136 g/mol. The molecule has 1 aliphatic rings. The first-order valence-corrected chi connectivity index (χ1v) is 4.55. The summed E-state index contributed by atoms with van der Waals surface area (Å²) in [5.74, 6) is 0. The monoisotopic (exact) mass is 156 g/mol. The predicted molar refractivity (Wildman–Crippen MR) is 48.6 cm³/mol. The molecule has 0 bridgehead atoms. The average molecular weight is 156 g/mol. The molecule has 0 radical (unpaired) electrons. The Morgan fingerprint density at radius 1 is 1.27 bits per heavy atom. The first-order chi connectivity index (χ1) is 5.15. The number of hydrogen-bond acceptors (Lipinski definition) is 2. The molecule has 2 heteroatoms. The lowest BCUT2D eigenvalue weighted by atomic mass is 10.0. The summed E-state index contributed by atoms with van der Waals surface area (Å²) in [5.41, 5.74) is 0. The number of nitrogens with zero attached hydrogens (tertiary/aromatic N) is 2. The maximum atomic E-state index is 2.44. The number of rotatable bonds is 1. The van der Waals surface area contributed by atoms with Crippen LogP contribution in [0.5, 0.6) is 0 Å². The van der Waals surface area contributed by atoms with Gasteiger partial charge in [0.1, 0.15) is 0 Å². The van der Waals surface area contributed by atoms with Crippen molar-refractivity contribution < 1.29 is 0 Å². The van der Waals surface area contributed by atoms with Gasteiger partial charge in [-0.05, 0) is 33.9 Å². The standard InChI is InChI=1S/C9H20N2/c1-5-9-6-8(2)10(3)7-11(9)4/h8-9H,5-7H2,1-4H3. The molecule has 0 aromatic heterocycles. The maximum absolute atomic E-state index is 2.44. The fourth-order valence-electron chi connectivity index (χ4n) is 1.84. The van der Waals surface area contributed by atoms with Crippen LogP contribution in [0.15, 0.2) is 0 Å². The van der Waals surface area contributed by atoms with Crippen LogP contribution in [0.25, 0.3) is 0 Å². The molecule has 0 aromatic rings. The highest BCUT2D eigenvalue weighted by Crippen LogP contribution is 2.18. The van der Waals surface area contributed by atoms with Gasteiger partial charge in [-0.2, -0.15) is 0 Å². The summed E-state index contributed by atoms with van der Waals surface area (Å²) in [6.45, 7) is 5.72. The fraction of sp³-hybridized carbons (Fsp3) is 1.00. The minimum absolute atomic E-state index is 0.760. The second-order valence-electron chi connectivity index (χ2n) is 3.80. The first kappa shape index (κ1) is 9.01. The van der Waals surface area contributed by atoms with E-state index in [9.17, 15) is 0 Å². The molecule has 66 valence electrons. The molecule has 0 aromatic carbocycles. The molecule has 1 heterocycles. The molecule has 0 N–H and O–H groups in total. The van der Waals surface area contributed by atoms with Gasteiger partial charge in [-0.1, -0.05) is 6.92 Å². The fourth-order valence-corrected chi connectivity index (χ4v) is 1.84. The van der Waals surface area contributed by atoms with Crippen LogP contribution < -0.4 is 0 Å². The van der Waals surface area contributed by atoms with Crippen molar-refractivity contribution in [1.29, 1.82) is 0 Å². The molecule has 0 spiro atoms. The second kappa shape index (κ2) is 3.55. The average Bonchev–Trinajstić information content (AvgIpc) is 1.97. The van der Waals surface area contributed by atoms with Crippen molar-refractivity contribution in [1.82, 2.24) is 9.80 Å². The lowest BCUT2D eigenvalue weighted by Crippen LogP contribution is -2.50. The van der Waals surface area contributed by atoms with Gasteiger partial charge in [0.05, 0.1) is 6.67 Å². The van der Waals surface area contributed by atoms with E-state index in [1.165, 1.54) is 12.8 Å². The minimum atomic E-state index is 0.760. The minimum Gasteiger partial charge on any atom is -0.291 e. The van der Waals surface area contributed by atoms with Gasteiger partial charge >= 0.3 is 0 Å². The first-order valence-electron chi connectivity index (χ1n) is 4.55. The van der Waals surface area contributed by atoms with Gasteiger partial charge in [0.25, 0.3) is 0 Å². The summed E-state index contributed by atoms with van der Waals surface area (Å²) in [4.78, 5) is 4.85. The molecule has 0 amide bonds. The largest absolute Gasteiger partial charge is 0.291 e. The summed E-state index contributed by atoms with van der Waals surface area (Å²) < 4.78 is 0. The topological polar surface area (TPSA) is 6.48 Å². The van der Waals surface area contributed by atoms with Crippen molar-refractivity contribution in [2.75, 3.05) is 20.8 Å². The van der Waals surface area contributed by atoms with Crippen molar-refractivity contribution in [3.8, 4) is 0 Å². The molecule has 2 unspecified atom stereocenters. The smallest absolute Gasteiger partial charge is 0.0505 e. The van der Waals surface area contributed by atoms with Crippen LogP contribution in [0.3, 0.4) is 0 Å². The van der Waals surface area contributed by atoms with Crippen LogP contribution in [-0.4, -0.2) is 42.6 Å². The van der Waals surface area contributed by atoms with E-state index in [4.69, 9.17) is 0 Å². The third-order valence-corrected chi connectivity index (χ3v) is 2.91. The molecule has 1 aliphatic heterocycles. The van der Waals surface area contributed by atoms with E-state index in [2.05, 4.69) is 37.7 Å². The molecule has 0 aliphatic carbocycles. The Hall–Kier alpha value is -0.0800. The summed E-state index contributed by atoms with van der Waals surface area (Å²) in [6, 6.07) is 1.57. The quantitative estimate of drug-likeness (QED) is 0.566. The lowest BCUT2D eigenvalue weighted by molar-refractivity contribution is 0.0389. The normalized spacial score (nSPS) is 36.0. The van der Waals surface area contributed by atoms with E-state index in [1.807, 2.05) is 0 Å². The van der Waals surface area contributed by atoms with Crippen molar-refractivity contribution in [3.05, 3.63) is 0 Å². The molecule has 2 atom stereocenters. The zero-order chi connectivity index (χ0) is 8.43. The van der Waals surface area contributed by atoms with Crippen LogP contribution >= 0.6 is 0 Å². The van der Waals surface area contributed by atoms with Crippen LogP contribution in [0.4, 0.5) is 0 Å². The van der Waals surface area contributed by atoms with Crippen LogP contribution in [0.1, 0.15) is 26.7 Å². The predicted octanol–water partition coefficient (Wildman–Crippen LogP) is 1.38. The highest BCUT2D eigenvalue weighted by molar-refractivity contribution is 4.79. The summed E-state index contributed by atoms with van der Waals surface area (Å²) in [5, 5.41) is 0. The molecule has 2 nitrogen and oxygen atoms in total. The van der Waals surface area contributed by atoms with Gasteiger partial charge in [-0.3, -0.25) is 9.80 Å². The van der Waals surface area contributed by atoms with Gasteiger partial charge < -0.3 is 0 Å². The Morgan fingerprint density at radius 2 is 1.91 bits per heavy atom. The Balaban J connectivity index is 2.48. The summed E-state index contributed by atoms with van der Waals surface area (Å²) in [7, 11) is 4.42. The Labute approximate surface area is 70.2 Å². The Kier molecular flexibility index (Phi) is 2.90. The Morgan fingerprint density at radius 3 is 2.45 bits per heavy atom. The summed E-state index contributed by atoms with van der Waals surface area (Å²) >= 11 is 0. The second-order valence-corrected chi connectivity index (χ2v) is 3.80. The highest BCUT2D eigenvalue weighted by Gasteiger charge is 2.25. The van der Waals surface area contributed by atoms with Gasteiger partial charge in [0.2, 0.25) is 0 Å². The van der Waals surface area contributed by atoms with Crippen molar-refractivity contribution in [2.24, 2.45) is 0 Å².